The molecule has 10 rings (SSSR count). The van der Waals surface area contributed by atoms with E-state index in [1.807, 2.05) is 0 Å². The predicted molar refractivity (Wildman–Crippen MR) is 202 cm³/mol. The van der Waals surface area contributed by atoms with E-state index < -0.39 is 5.41 Å². The van der Waals surface area contributed by atoms with Gasteiger partial charge in [-0.15, -0.1) is 0 Å². The average molecular weight is 612 g/mol. The van der Waals surface area contributed by atoms with Crippen molar-refractivity contribution in [1.82, 2.24) is 0 Å². The minimum atomic E-state index is -0.449. The fourth-order valence-electron chi connectivity index (χ4n) is 8.81. The Hall–Kier alpha value is -5.92. The Kier molecular flexibility index (Phi) is 5.83. The molecular weight excluding hydrogens is 579 g/mol. The normalized spacial score (nSPS) is 13.4. The van der Waals surface area contributed by atoms with Gasteiger partial charge >= 0.3 is 0 Å². The molecule has 0 unspecified atom stereocenters. The predicted octanol–water partition coefficient (Wildman–Crippen LogP) is 12.4. The Morgan fingerprint density at radius 2 is 1.00 bits per heavy atom. The fourth-order valence-corrected chi connectivity index (χ4v) is 8.81. The SMILES string of the molecule is CCc1ccc(N(c2ccccc2)c2cc3c(c4ccccc24)-c2c(ccc4ccccc24)C32c3ccccc3-c3ccccc32)cc1. The zero-order valence-corrected chi connectivity index (χ0v) is 26.8. The summed E-state index contributed by atoms with van der Waals surface area (Å²) in [7, 11) is 0. The summed E-state index contributed by atoms with van der Waals surface area (Å²) in [4.78, 5) is 2.46. The summed E-state index contributed by atoms with van der Waals surface area (Å²) in [5.41, 5.74) is 15.2. The highest BCUT2D eigenvalue weighted by Crippen LogP contribution is 2.65. The monoisotopic (exact) mass is 611 g/mol. The summed E-state index contributed by atoms with van der Waals surface area (Å²) in [5.74, 6) is 0. The second-order valence-electron chi connectivity index (χ2n) is 13.1. The summed E-state index contributed by atoms with van der Waals surface area (Å²) >= 11 is 0. The van der Waals surface area contributed by atoms with Crippen LogP contribution in [0.3, 0.4) is 0 Å². The van der Waals surface area contributed by atoms with Crippen molar-refractivity contribution in [3.05, 3.63) is 198 Å². The molecule has 1 nitrogen and oxygen atoms in total. The van der Waals surface area contributed by atoms with Crippen LogP contribution in [0.1, 0.15) is 34.7 Å². The largest absolute Gasteiger partial charge is 0.310 e. The maximum atomic E-state index is 2.53. The van der Waals surface area contributed by atoms with Crippen LogP contribution in [-0.4, -0.2) is 0 Å². The van der Waals surface area contributed by atoms with Gasteiger partial charge in [-0.2, -0.15) is 0 Å². The molecule has 0 fully saturated rings. The Morgan fingerprint density at radius 3 is 1.71 bits per heavy atom. The van der Waals surface area contributed by atoms with E-state index in [9.17, 15) is 0 Å². The van der Waals surface area contributed by atoms with Crippen LogP contribution >= 0.6 is 0 Å². The molecule has 1 spiro atoms. The van der Waals surface area contributed by atoms with Gasteiger partial charge in [-0.3, -0.25) is 0 Å². The number of nitrogens with zero attached hydrogens (tertiary/aromatic N) is 1. The van der Waals surface area contributed by atoms with Crippen LogP contribution in [0, 0.1) is 0 Å². The molecule has 0 atom stereocenters. The van der Waals surface area contributed by atoms with Crippen LogP contribution in [0.4, 0.5) is 17.1 Å². The fraction of sp³-hybridized carbons (Fsp3) is 0.0638. The third-order valence-corrected chi connectivity index (χ3v) is 10.8. The molecule has 0 radical (unpaired) electrons. The molecule has 2 aliphatic rings. The van der Waals surface area contributed by atoms with E-state index in [1.165, 1.54) is 77.3 Å². The first-order valence-electron chi connectivity index (χ1n) is 17.0. The summed E-state index contributed by atoms with van der Waals surface area (Å²) in [6, 6.07) is 63.4. The number of para-hydroxylation sites is 1. The van der Waals surface area contributed by atoms with E-state index in [-0.39, 0.29) is 0 Å². The van der Waals surface area contributed by atoms with Crippen LogP contribution in [0.2, 0.25) is 0 Å². The number of hydrogen-bond donors (Lipinski definition) is 0. The topological polar surface area (TPSA) is 3.24 Å². The summed E-state index contributed by atoms with van der Waals surface area (Å²) in [5, 5.41) is 5.11. The van der Waals surface area contributed by atoms with E-state index in [0.29, 0.717) is 0 Å². The molecule has 0 N–H and O–H groups in total. The minimum Gasteiger partial charge on any atom is -0.310 e. The average Bonchev–Trinajstić information content (AvgIpc) is 3.63. The van der Waals surface area contributed by atoms with Gasteiger partial charge in [-0.25, -0.2) is 0 Å². The Balaban J connectivity index is 1.40. The highest BCUT2D eigenvalue weighted by molar-refractivity contribution is 6.16. The van der Waals surface area contributed by atoms with Gasteiger partial charge in [0.2, 0.25) is 0 Å². The van der Waals surface area contributed by atoms with Gasteiger partial charge < -0.3 is 4.90 Å². The third-order valence-electron chi connectivity index (χ3n) is 10.8. The van der Waals surface area contributed by atoms with Crippen molar-refractivity contribution in [3.63, 3.8) is 0 Å². The first-order valence-corrected chi connectivity index (χ1v) is 17.0. The third kappa shape index (κ3) is 3.56. The van der Waals surface area contributed by atoms with Crippen LogP contribution in [0.15, 0.2) is 170 Å². The van der Waals surface area contributed by atoms with Crippen molar-refractivity contribution in [2.45, 2.75) is 18.8 Å². The quantitative estimate of drug-likeness (QED) is 0.191. The molecule has 226 valence electrons. The number of anilines is 3. The smallest absolute Gasteiger partial charge is 0.0726 e. The van der Waals surface area contributed by atoms with Gasteiger partial charge in [0.05, 0.1) is 11.1 Å². The molecule has 0 amide bonds. The molecule has 0 aliphatic heterocycles. The van der Waals surface area contributed by atoms with Crippen LogP contribution in [0.25, 0.3) is 43.8 Å². The van der Waals surface area contributed by atoms with Crippen molar-refractivity contribution >= 4 is 38.6 Å². The van der Waals surface area contributed by atoms with Gasteiger partial charge in [0.15, 0.2) is 0 Å². The molecule has 8 aromatic carbocycles. The van der Waals surface area contributed by atoms with E-state index in [4.69, 9.17) is 0 Å². The number of rotatable bonds is 4. The van der Waals surface area contributed by atoms with E-state index >= 15 is 0 Å². The molecule has 2 aliphatic carbocycles. The lowest BCUT2D eigenvalue weighted by Crippen LogP contribution is -2.26. The lowest BCUT2D eigenvalue weighted by Gasteiger charge is -2.33. The molecule has 0 saturated carbocycles. The van der Waals surface area contributed by atoms with E-state index in [1.54, 1.807) is 0 Å². The van der Waals surface area contributed by atoms with Gasteiger partial charge in [-0.05, 0) is 103 Å². The van der Waals surface area contributed by atoms with Crippen molar-refractivity contribution in [3.8, 4) is 22.3 Å². The van der Waals surface area contributed by atoms with Gasteiger partial charge in [0, 0.05) is 16.8 Å². The minimum absolute atomic E-state index is 0.449. The van der Waals surface area contributed by atoms with E-state index in [0.717, 1.165) is 17.8 Å². The molecule has 0 heterocycles. The number of hydrogen-bond acceptors (Lipinski definition) is 1. The van der Waals surface area contributed by atoms with Crippen LogP contribution in [0.5, 0.6) is 0 Å². The van der Waals surface area contributed by atoms with Crippen LogP contribution < -0.4 is 4.90 Å². The number of aryl methyl sites for hydroxylation is 1. The maximum absolute atomic E-state index is 2.53. The molecular formula is C47H33N. The Labute approximate surface area is 281 Å². The standard InChI is InChI=1S/C47H33N/c1-2-31-24-27-34(28-25-31)48(33-15-4-3-5-16-33)44-30-43-46(39-21-9-8-20-38(39)44)45-35-17-7-6-14-32(35)26-29-42(45)47(43)40-22-12-10-18-36(40)37-19-11-13-23-41(37)47/h3-30H,2H2,1H3. The van der Waals surface area contributed by atoms with Crippen molar-refractivity contribution in [1.29, 1.82) is 0 Å². The second kappa shape index (κ2) is 10.3. The van der Waals surface area contributed by atoms with E-state index in [2.05, 4.69) is 182 Å². The second-order valence-corrected chi connectivity index (χ2v) is 13.1. The first kappa shape index (κ1) is 27.2. The van der Waals surface area contributed by atoms with Crippen molar-refractivity contribution < 1.29 is 0 Å². The Bertz CT molecular complexity index is 2500. The number of benzene rings is 8. The lowest BCUT2D eigenvalue weighted by atomic mass is 9.70. The van der Waals surface area contributed by atoms with Gasteiger partial charge in [0.25, 0.3) is 0 Å². The molecule has 0 aromatic heterocycles. The lowest BCUT2D eigenvalue weighted by molar-refractivity contribution is 0.795. The molecule has 0 bridgehead atoms. The summed E-state index contributed by atoms with van der Waals surface area (Å²) in [6.45, 7) is 2.22. The molecule has 8 aromatic rings. The maximum Gasteiger partial charge on any atom is 0.0726 e. The van der Waals surface area contributed by atoms with Crippen molar-refractivity contribution in [2.24, 2.45) is 0 Å². The highest BCUT2D eigenvalue weighted by Gasteiger charge is 2.52. The van der Waals surface area contributed by atoms with Gasteiger partial charge in [-0.1, -0.05) is 146 Å². The van der Waals surface area contributed by atoms with Crippen LogP contribution in [-0.2, 0) is 11.8 Å². The zero-order valence-electron chi connectivity index (χ0n) is 26.8. The molecule has 48 heavy (non-hydrogen) atoms. The highest BCUT2D eigenvalue weighted by atomic mass is 15.1. The summed E-state index contributed by atoms with van der Waals surface area (Å²) < 4.78 is 0. The Morgan fingerprint density at radius 1 is 0.438 bits per heavy atom. The first-order chi connectivity index (χ1) is 23.8. The van der Waals surface area contributed by atoms with Gasteiger partial charge in [0.1, 0.15) is 0 Å². The molecule has 0 saturated heterocycles. The number of fused-ring (bicyclic) bond motifs is 14. The van der Waals surface area contributed by atoms with Crippen molar-refractivity contribution in [2.75, 3.05) is 4.90 Å². The molecule has 1 heteroatoms. The zero-order chi connectivity index (χ0) is 31.8. The summed E-state index contributed by atoms with van der Waals surface area (Å²) in [6.07, 6.45) is 1.01.